The first kappa shape index (κ1) is 68.0. The lowest BCUT2D eigenvalue weighted by atomic mass is 10.0. The molecule has 0 bridgehead atoms. The number of allylic oxidation sites excluding steroid dienone is 7. The molecule has 0 aliphatic carbocycles. The molecular formula is C60H114N2O7P+. The van der Waals surface area contributed by atoms with Crippen molar-refractivity contribution in [3.8, 4) is 0 Å². The Morgan fingerprint density at radius 3 is 1.33 bits per heavy atom. The summed E-state index contributed by atoms with van der Waals surface area (Å²) in [6.45, 7) is 6.98. The summed E-state index contributed by atoms with van der Waals surface area (Å²) in [5, 5.41) is 3.05. The predicted molar refractivity (Wildman–Crippen MR) is 300 cm³/mol. The molecule has 2 N–H and O–H groups in total. The third-order valence-electron chi connectivity index (χ3n) is 13.0. The van der Waals surface area contributed by atoms with Crippen LogP contribution >= 0.6 is 7.82 Å². The van der Waals surface area contributed by atoms with Gasteiger partial charge in [-0.1, -0.05) is 237 Å². The smallest absolute Gasteiger partial charge is 0.456 e. The Bertz CT molecular complexity index is 1340. The highest BCUT2D eigenvalue weighted by Crippen LogP contribution is 2.43. The summed E-state index contributed by atoms with van der Waals surface area (Å²) >= 11 is 0. The molecule has 3 atom stereocenters. The summed E-state index contributed by atoms with van der Waals surface area (Å²) in [7, 11) is 1.49. The van der Waals surface area contributed by atoms with Crippen LogP contribution in [0.4, 0.5) is 0 Å². The number of nitrogens with one attached hydrogen (secondary N) is 1. The van der Waals surface area contributed by atoms with Gasteiger partial charge >= 0.3 is 13.8 Å². The van der Waals surface area contributed by atoms with Crippen molar-refractivity contribution < 1.29 is 37.3 Å². The largest absolute Gasteiger partial charge is 0.472 e. The second-order valence-corrected chi connectivity index (χ2v) is 22.6. The predicted octanol–water partition coefficient (Wildman–Crippen LogP) is 17.7. The van der Waals surface area contributed by atoms with Gasteiger partial charge in [-0.15, -0.1) is 0 Å². The van der Waals surface area contributed by atoms with Crippen LogP contribution in [-0.4, -0.2) is 74.3 Å². The number of carbonyl (C=O) groups excluding carboxylic acids is 2. The molecule has 0 aliphatic heterocycles. The second kappa shape index (κ2) is 50.5. The lowest BCUT2D eigenvalue weighted by Gasteiger charge is -2.27. The van der Waals surface area contributed by atoms with Gasteiger partial charge in [0.2, 0.25) is 5.91 Å². The molecule has 0 radical (unpaired) electrons. The number of carbonyl (C=O) groups is 2. The van der Waals surface area contributed by atoms with E-state index in [0.717, 1.165) is 83.5 Å². The molecule has 0 spiro atoms. The minimum Gasteiger partial charge on any atom is -0.456 e. The van der Waals surface area contributed by atoms with Crippen LogP contribution in [0.1, 0.15) is 271 Å². The van der Waals surface area contributed by atoms with E-state index in [1.54, 1.807) is 0 Å². The highest BCUT2D eigenvalue weighted by molar-refractivity contribution is 7.47. The maximum atomic E-state index is 13.5. The van der Waals surface area contributed by atoms with Crippen molar-refractivity contribution in [3.05, 3.63) is 48.6 Å². The van der Waals surface area contributed by atoms with Crippen LogP contribution in [0.2, 0.25) is 0 Å². The van der Waals surface area contributed by atoms with Crippen molar-refractivity contribution >= 4 is 19.7 Å². The number of phosphoric ester groups is 1. The van der Waals surface area contributed by atoms with E-state index in [1.807, 2.05) is 33.3 Å². The minimum absolute atomic E-state index is 0.0388. The van der Waals surface area contributed by atoms with Gasteiger partial charge in [0.05, 0.1) is 33.8 Å². The van der Waals surface area contributed by atoms with Crippen LogP contribution in [0.15, 0.2) is 48.6 Å². The van der Waals surface area contributed by atoms with Gasteiger partial charge in [-0.2, -0.15) is 0 Å². The number of amides is 1. The minimum atomic E-state index is -4.44. The van der Waals surface area contributed by atoms with Crippen molar-refractivity contribution in [1.82, 2.24) is 5.32 Å². The van der Waals surface area contributed by atoms with Gasteiger partial charge in [-0.3, -0.25) is 18.6 Å². The second-order valence-electron chi connectivity index (χ2n) is 21.2. The monoisotopic (exact) mass is 1010 g/mol. The first-order valence-electron chi connectivity index (χ1n) is 29.5. The maximum Gasteiger partial charge on any atom is 0.472 e. The Balaban J connectivity index is 5.32. The molecule has 0 fully saturated rings. The van der Waals surface area contributed by atoms with E-state index in [4.69, 9.17) is 13.8 Å². The average Bonchev–Trinajstić information content (AvgIpc) is 3.32. The number of hydrogen-bond acceptors (Lipinski definition) is 6. The van der Waals surface area contributed by atoms with Gasteiger partial charge in [0.25, 0.3) is 0 Å². The summed E-state index contributed by atoms with van der Waals surface area (Å²) in [5.41, 5.74) is 0. The van der Waals surface area contributed by atoms with Gasteiger partial charge in [0.15, 0.2) is 0 Å². The highest BCUT2D eigenvalue weighted by atomic mass is 31.2. The van der Waals surface area contributed by atoms with E-state index in [9.17, 15) is 19.0 Å². The molecule has 0 saturated carbocycles. The number of unbranched alkanes of at least 4 members (excludes halogenated alkanes) is 31. The fourth-order valence-corrected chi connectivity index (χ4v) is 9.15. The van der Waals surface area contributed by atoms with Crippen LogP contribution in [0.3, 0.4) is 0 Å². The van der Waals surface area contributed by atoms with Crippen LogP contribution in [0.25, 0.3) is 0 Å². The summed E-state index contributed by atoms with van der Waals surface area (Å²) in [5.74, 6) is -0.513. The fraction of sp³-hybridized carbons (Fsp3) is 0.833. The molecule has 0 heterocycles. The highest BCUT2D eigenvalue weighted by Gasteiger charge is 2.30. The number of nitrogens with zero attached hydrogens (tertiary/aromatic N) is 1. The van der Waals surface area contributed by atoms with E-state index in [0.29, 0.717) is 17.4 Å². The van der Waals surface area contributed by atoms with Crippen LogP contribution < -0.4 is 5.32 Å². The molecule has 0 aromatic carbocycles. The molecule has 9 nitrogen and oxygen atoms in total. The number of phosphoric acid groups is 1. The Labute approximate surface area is 433 Å². The number of esters is 1. The Morgan fingerprint density at radius 1 is 0.500 bits per heavy atom. The molecule has 3 unspecified atom stereocenters. The number of quaternary nitrogens is 1. The van der Waals surface area contributed by atoms with E-state index >= 15 is 0 Å². The molecule has 0 rings (SSSR count). The van der Waals surface area contributed by atoms with Crippen LogP contribution in [-0.2, 0) is 27.9 Å². The average molecular weight is 1010 g/mol. The zero-order valence-corrected chi connectivity index (χ0v) is 47.7. The molecule has 0 aromatic heterocycles. The molecular weight excluding hydrogens is 892 g/mol. The first-order valence-corrected chi connectivity index (χ1v) is 31.0. The summed E-state index contributed by atoms with van der Waals surface area (Å²) in [6.07, 6.45) is 60.9. The van der Waals surface area contributed by atoms with Crippen LogP contribution in [0, 0.1) is 0 Å². The summed E-state index contributed by atoms with van der Waals surface area (Å²) in [6, 6.07) is -0.850. The normalized spacial score (nSPS) is 14.1. The zero-order valence-electron chi connectivity index (χ0n) is 46.8. The van der Waals surface area contributed by atoms with Gasteiger partial charge in [0.1, 0.15) is 19.3 Å². The van der Waals surface area contributed by atoms with E-state index < -0.39 is 20.0 Å². The number of hydrogen-bond donors (Lipinski definition) is 2. The molecule has 0 saturated heterocycles. The molecule has 0 aromatic rings. The van der Waals surface area contributed by atoms with Crippen molar-refractivity contribution in [2.24, 2.45) is 0 Å². The Morgan fingerprint density at radius 2 is 0.871 bits per heavy atom. The van der Waals surface area contributed by atoms with Crippen molar-refractivity contribution in [2.75, 3.05) is 40.9 Å². The standard InChI is InChI=1S/C60H113N2O7P/c1-7-10-13-16-19-22-25-28-29-30-31-32-33-35-38-41-44-47-50-53-60(64)69-58(51-48-45-42-39-36-27-24-21-18-15-12-9-3)57(56-68-70(65,66)67-55-54-62(4,5)6)61-59(63)52-49-46-43-40-37-34-26-23-20-17-14-11-8-2/h19,22,28-29,31-32,48,51,57-58H,7-18,20-21,23-27,30,33-47,49-50,52-56H2,1-6H3,(H-,61,63,65,66)/p+1/b22-19-,29-28-,32-31-,51-48+. The van der Waals surface area contributed by atoms with E-state index in [2.05, 4.69) is 62.5 Å². The number of likely N-dealkylation sites (N-methyl/N-ethyl adjacent to an activating group) is 1. The maximum absolute atomic E-state index is 13.5. The summed E-state index contributed by atoms with van der Waals surface area (Å²) < 4.78 is 30.6. The molecule has 410 valence electrons. The molecule has 70 heavy (non-hydrogen) atoms. The van der Waals surface area contributed by atoms with Gasteiger partial charge in [-0.05, 0) is 70.3 Å². The van der Waals surface area contributed by atoms with Crippen molar-refractivity contribution in [3.63, 3.8) is 0 Å². The number of rotatable bonds is 53. The Hall–Kier alpha value is -2.03. The van der Waals surface area contributed by atoms with E-state index in [1.165, 1.54) is 154 Å². The van der Waals surface area contributed by atoms with E-state index in [-0.39, 0.29) is 31.5 Å². The quantitative estimate of drug-likeness (QED) is 0.0205. The molecule has 1 amide bonds. The lowest BCUT2D eigenvalue weighted by Crippen LogP contribution is -2.47. The van der Waals surface area contributed by atoms with Crippen molar-refractivity contribution in [1.29, 1.82) is 0 Å². The Kier molecular flexibility index (Phi) is 49.0. The lowest BCUT2D eigenvalue weighted by molar-refractivity contribution is -0.870. The van der Waals surface area contributed by atoms with Crippen LogP contribution in [0.5, 0.6) is 0 Å². The van der Waals surface area contributed by atoms with Gasteiger partial charge in [-0.25, -0.2) is 4.57 Å². The SMILES string of the molecule is CCCCC/C=C\C/C=C\C/C=C\CCCCCCCCC(=O)OC(/C=C/CCCCCCCCCCCC)C(COP(=O)(O)OCC[N+](C)(C)C)NC(=O)CCCCCCCCCCCCCCC. The topological polar surface area (TPSA) is 111 Å². The van der Waals surface area contributed by atoms with Gasteiger partial charge in [0, 0.05) is 12.8 Å². The molecule has 10 heteroatoms. The third kappa shape index (κ3) is 50.9. The molecule has 0 aliphatic rings. The zero-order chi connectivity index (χ0) is 51.5. The first-order chi connectivity index (χ1) is 33.9. The summed E-state index contributed by atoms with van der Waals surface area (Å²) in [4.78, 5) is 37.6. The number of ether oxygens (including phenoxy) is 1. The van der Waals surface area contributed by atoms with Crippen molar-refractivity contribution in [2.45, 2.75) is 283 Å². The van der Waals surface area contributed by atoms with Gasteiger partial charge < -0.3 is 19.4 Å². The fourth-order valence-electron chi connectivity index (χ4n) is 8.42. The third-order valence-corrected chi connectivity index (χ3v) is 14.0.